The fourth-order valence-electron chi connectivity index (χ4n) is 1.97. The summed E-state index contributed by atoms with van der Waals surface area (Å²) in [6.45, 7) is 0. The van der Waals surface area contributed by atoms with E-state index in [9.17, 15) is 9.90 Å². The first-order chi connectivity index (χ1) is 8.77. The molecule has 0 saturated carbocycles. The van der Waals surface area contributed by atoms with E-state index in [4.69, 9.17) is 0 Å². The van der Waals surface area contributed by atoms with E-state index in [1.807, 2.05) is 24.3 Å². The summed E-state index contributed by atoms with van der Waals surface area (Å²) >= 11 is 0. The molecule has 0 N–H and O–H groups in total. The molecule has 0 heterocycles. The lowest BCUT2D eigenvalue weighted by atomic mass is 10.0. The zero-order valence-electron chi connectivity index (χ0n) is 10.1. The molecular formula is C16H15O2-. The molecule has 0 unspecified atom stereocenters. The molecule has 2 nitrogen and oxygen atoms in total. The average Bonchev–Trinajstić information content (AvgIpc) is 2.38. The van der Waals surface area contributed by atoms with Crippen molar-refractivity contribution in [2.75, 3.05) is 0 Å². The maximum absolute atomic E-state index is 10.3. The Labute approximate surface area is 107 Å². The third kappa shape index (κ3) is 3.20. The minimum atomic E-state index is -0.978. The maximum atomic E-state index is 10.3. The Morgan fingerprint density at radius 2 is 1.89 bits per heavy atom. The highest BCUT2D eigenvalue weighted by atomic mass is 16.4. The van der Waals surface area contributed by atoms with Gasteiger partial charge >= 0.3 is 0 Å². The van der Waals surface area contributed by atoms with Crippen LogP contribution in [0.4, 0.5) is 0 Å². The van der Waals surface area contributed by atoms with Crippen molar-refractivity contribution in [3.05, 3.63) is 54.1 Å². The molecule has 0 spiro atoms. The topological polar surface area (TPSA) is 40.1 Å². The van der Waals surface area contributed by atoms with Crippen molar-refractivity contribution in [2.24, 2.45) is 0 Å². The zero-order valence-corrected chi connectivity index (χ0v) is 10.1. The van der Waals surface area contributed by atoms with Crippen LogP contribution < -0.4 is 5.11 Å². The highest BCUT2D eigenvalue weighted by molar-refractivity contribution is 5.90. The van der Waals surface area contributed by atoms with E-state index in [1.54, 1.807) is 0 Å². The first kappa shape index (κ1) is 12.4. The minimum absolute atomic E-state index is 0.125. The number of allylic oxidation sites excluding steroid dienone is 1. The van der Waals surface area contributed by atoms with Gasteiger partial charge < -0.3 is 9.90 Å². The van der Waals surface area contributed by atoms with Gasteiger partial charge in [-0.2, -0.15) is 0 Å². The van der Waals surface area contributed by atoms with E-state index >= 15 is 0 Å². The molecule has 0 atom stereocenters. The Bertz CT molecular complexity index is 565. The number of benzene rings is 2. The molecule has 0 aliphatic rings. The molecule has 0 saturated heterocycles. The second kappa shape index (κ2) is 6.01. The molecule has 2 aromatic rings. The lowest BCUT2D eigenvalue weighted by Crippen LogP contribution is -2.21. The molecule has 0 amide bonds. The molecule has 0 bridgehead atoms. The number of unbranched alkanes of at least 4 members (excludes halogenated alkanes) is 1. The summed E-state index contributed by atoms with van der Waals surface area (Å²) in [7, 11) is 0. The standard InChI is InChI=1S/C16H16O2/c17-16(18)12-3-1-2-7-13-9-6-10-14-8-4-5-11-15(13)14/h2,4-11H,1,3,12H2,(H,17,18)/p-1/b7-2+. The fraction of sp³-hybridized carbons (Fsp3) is 0.188. The second-order valence-corrected chi connectivity index (χ2v) is 4.23. The number of rotatable bonds is 5. The van der Waals surface area contributed by atoms with Crippen LogP contribution in [0.1, 0.15) is 24.8 Å². The fourth-order valence-corrected chi connectivity index (χ4v) is 1.97. The van der Waals surface area contributed by atoms with Gasteiger partial charge in [0.15, 0.2) is 0 Å². The first-order valence-corrected chi connectivity index (χ1v) is 6.11. The number of aliphatic carboxylic acids is 1. The summed E-state index contributed by atoms with van der Waals surface area (Å²) in [5.41, 5.74) is 1.17. The Hall–Kier alpha value is -2.09. The third-order valence-electron chi connectivity index (χ3n) is 2.87. The summed E-state index contributed by atoms with van der Waals surface area (Å²) in [5, 5.41) is 12.7. The van der Waals surface area contributed by atoms with E-state index in [-0.39, 0.29) is 6.42 Å². The van der Waals surface area contributed by atoms with E-state index < -0.39 is 5.97 Å². The summed E-state index contributed by atoms with van der Waals surface area (Å²) in [6.07, 6.45) is 5.59. The van der Waals surface area contributed by atoms with Crippen LogP contribution in [0.25, 0.3) is 16.8 Å². The summed E-state index contributed by atoms with van der Waals surface area (Å²) in [6, 6.07) is 14.4. The highest BCUT2D eigenvalue weighted by Gasteiger charge is 1.95. The van der Waals surface area contributed by atoms with Crippen LogP contribution in [0.3, 0.4) is 0 Å². The van der Waals surface area contributed by atoms with Crippen LogP contribution in [-0.2, 0) is 4.79 Å². The Kier molecular flexibility index (Phi) is 4.13. The molecule has 92 valence electrons. The van der Waals surface area contributed by atoms with E-state index in [0.29, 0.717) is 6.42 Å². The van der Waals surface area contributed by atoms with Crippen LogP contribution in [0, 0.1) is 0 Å². The molecule has 2 rings (SSSR count). The van der Waals surface area contributed by atoms with Gasteiger partial charge in [0.25, 0.3) is 0 Å². The Morgan fingerprint density at radius 3 is 2.72 bits per heavy atom. The van der Waals surface area contributed by atoms with Crippen LogP contribution in [-0.4, -0.2) is 5.97 Å². The second-order valence-electron chi connectivity index (χ2n) is 4.23. The van der Waals surface area contributed by atoms with E-state index in [1.165, 1.54) is 16.3 Å². The average molecular weight is 239 g/mol. The minimum Gasteiger partial charge on any atom is -0.550 e. The molecule has 0 aliphatic heterocycles. The van der Waals surface area contributed by atoms with Crippen LogP contribution in [0.5, 0.6) is 0 Å². The largest absolute Gasteiger partial charge is 0.550 e. The van der Waals surface area contributed by atoms with Crippen molar-refractivity contribution in [2.45, 2.75) is 19.3 Å². The van der Waals surface area contributed by atoms with Crippen molar-refractivity contribution >= 4 is 22.8 Å². The van der Waals surface area contributed by atoms with Gasteiger partial charge in [0.05, 0.1) is 0 Å². The maximum Gasteiger partial charge on any atom is 0.0414 e. The predicted octanol–water partition coefficient (Wildman–Crippen LogP) is 2.77. The number of carboxylic acid groups (broad SMARTS) is 1. The van der Waals surface area contributed by atoms with Gasteiger partial charge in [0.1, 0.15) is 0 Å². The SMILES string of the molecule is O=C([O-])CCC/C=C/c1cccc2ccccc12. The highest BCUT2D eigenvalue weighted by Crippen LogP contribution is 2.19. The molecule has 18 heavy (non-hydrogen) atoms. The van der Waals surface area contributed by atoms with Gasteiger partial charge in [-0.15, -0.1) is 0 Å². The van der Waals surface area contributed by atoms with Crippen molar-refractivity contribution < 1.29 is 9.90 Å². The molecule has 0 aromatic heterocycles. The quantitative estimate of drug-likeness (QED) is 0.753. The normalized spacial score (nSPS) is 11.1. The van der Waals surface area contributed by atoms with Crippen LogP contribution >= 0.6 is 0 Å². The predicted molar refractivity (Wildman–Crippen MR) is 71.8 cm³/mol. The summed E-state index contributed by atoms with van der Waals surface area (Å²) in [5.74, 6) is -0.978. The lowest BCUT2D eigenvalue weighted by Gasteiger charge is -2.02. The van der Waals surface area contributed by atoms with Crippen LogP contribution in [0.2, 0.25) is 0 Å². The number of hydrogen-bond acceptors (Lipinski definition) is 2. The molecule has 2 heteroatoms. The summed E-state index contributed by atoms with van der Waals surface area (Å²) in [4.78, 5) is 10.3. The summed E-state index contributed by atoms with van der Waals surface area (Å²) < 4.78 is 0. The monoisotopic (exact) mass is 239 g/mol. The number of carbonyl (C=O) groups is 1. The Morgan fingerprint density at radius 1 is 1.11 bits per heavy atom. The van der Waals surface area contributed by atoms with Gasteiger partial charge in [0.2, 0.25) is 0 Å². The van der Waals surface area contributed by atoms with Gasteiger partial charge in [-0.1, -0.05) is 54.6 Å². The smallest absolute Gasteiger partial charge is 0.0414 e. The third-order valence-corrected chi connectivity index (χ3v) is 2.87. The molecule has 0 radical (unpaired) electrons. The van der Waals surface area contributed by atoms with Gasteiger partial charge in [0, 0.05) is 5.97 Å². The van der Waals surface area contributed by atoms with Gasteiger partial charge in [-0.3, -0.25) is 0 Å². The van der Waals surface area contributed by atoms with Crippen molar-refractivity contribution in [3.63, 3.8) is 0 Å². The van der Waals surface area contributed by atoms with Crippen LogP contribution in [0.15, 0.2) is 48.5 Å². The zero-order chi connectivity index (χ0) is 12.8. The van der Waals surface area contributed by atoms with Crippen molar-refractivity contribution in [3.8, 4) is 0 Å². The molecule has 0 fully saturated rings. The number of carboxylic acids is 1. The van der Waals surface area contributed by atoms with Gasteiger partial charge in [-0.05, 0) is 35.6 Å². The van der Waals surface area contributed by atoms with Crippen molar-refractivity contribution in [1.82, 2.24) is 0 Å². The number of carbonyl (C=O) groups excluding carboxylic acids is 1. The number of hydrogen-bond donors (Lipinski definition) is 0. The lowest BCUT2D eigenvalue weighted by molar-refractivity contribution is -0.305. The van der Waals surface area contributed by atoms with Gasteiger partial charge in [-0.25, -0.2) is 0 Å². The Balaban J connectivity index is 2.07. The molecule has 0 aliphatic carbocycles. The van der Waals surface area contributed by atoms with Crippen molar-refractivity contribution in [1.29, 1.82) is 0 Å². The molecule has 2 aromatic carbocycles. The van der Waals surface area contributed by atoms with E-state index in [2.05, 4.69) is 30.3 Å². The first-order valence-electron chi connectivity index (χ1n) is 6.11. The number of fused-ring (bicyclic) bond motifs is 1. The van der Waals surface area contributed by atoms with E-state index in [0.717, 1.165) is 6.42 Å². The molecular weight excluding hydrogens is 224 g/mol.